The normalized spacial score (nSPS) is 26.2. The van der Waals surface area contributed by atoms with Crippen LogP contribution in [-0.2, 0) is 9.47 Å². The molecule has 7 nitrogen and oxygen atoms in total. The Hall–Kier alpha value is -1.81. The van der Waals surface area contributed by atoms with E-state index in [2.05, 4.69) is 45.8 Å². The van der Waals surface area contributed by atoms with Crippen molar-refractivity contribution in [2.24, 2.45) is 5.92 Å². The van der Waals surface area contributed by atoms with Crippen LogP contribution in [0, 0.1) is 5.92 Å². The van der Waals surface area contributed by atoms with E-state index in [4.69, 9.17) is 21.7 Å². The van der Waals surface area contributed by atoms with Crippen LogP contribution in [0.2, 0.25) is 0 Å². The fraction of sp³-hybridized carbons (Fsp3) is 0.526. The van der Waals surface area contributed by atoms with Gasteiger partial charge in [-0.25, -0.2) is 9.97 Å². The van der Waals surface area contributed by atoms with Crippen molar-refractivity contribution in [3.63, 3.8) is 0 Å². The van der Waals surface area contributed by atoms with Crippen LogP contribution in [-0.4, -0.2) is 59.1 Å². The van der Waals surface area contributed by atoms with Gasteiger partial charge in [-0.3, -0.25) is 0 Å². The third-order valence-electron chi connectivity index (χ3n) is 4.78. The van der Waals surface area contributed by atoms with Crippen LogP contribution in [0.15, 0.2) is 29.8 Å². The number of fused-ring (bicyclic) bond motifs is 1. The Bertz CT molecular complexity index is 801. The number of nitrogens with zero attached hydrogens (tertiary/aromatic N) is 2. The van der Waals surface area contributed by atoms with Crippen LogP contribution in [0.3, 0.4) is 0 Å². The monoisotopic (exact) mass is 419 g/mol. The summed E-state index contributed by atoms with van der Waals surface area (Å²) in [5.74, 6) is 1.13. The lowest BCUT2D eigenvalue weighted by molar-refractivity contribution is 0.0688. The predicted molar refractivity (Wildman–Crippen MR) is 115 cm³/mol. The number of anilines is 1. The van der Waals surface area contributed by atoms with Crippen molar-refractivity contribution in [1.82, 2.24) is 20.6 Å². The highest BCUT2D eigenvalue weighted by Gasteiger charge is 2.48. The summed E-state index contributed by atoms with van der Waals surface area (Å²) in [5, 5.41) is 12.6. The molecule has 0 aromatic carbocycles. The number of ether oxygens (including phenoxy) is 2. The summed E-state index contributed by atoms with van der Waals surface area (Å²) >= 11 is 7.05. The van der Waals surface area contributed by atoms with E-state index >= 15 is 0 Å². The van der Waals surface area contributed by atoms with Gasteiger partial charge in [-0.1, -0.05) is 19.9 Å². The molecule has 3 N–H and O–H groups in total. The molecule has 2 saturated heterocycles. The summed E-state index contributed by atoms with van der Waals surface area (Å²) in [7, 11) is 0. The standard InChI is InChI=1S/C19H25N5O2S2/c1-11(2)8-21-19(27)24-14-10-26-16-13(9-25-17(14)16)23-18-20-6-5-12(22-18)15-4-3-7-28-15/h3-7,11,13-14,16-17H,8-10H2,1-2H3,(H,20,22,23)(H2,21,24,27)/t13-,14+,16-,17+/m0/s1. The van der Waals surface area contributed by atoms with E-state index < -0.39 is 0 Å². The van der Waals surface area contributed by atoms with E-state index in [-0.39, 0.29) is 24.3 Å². The predicted octanol–water partition coefficient (Wildman–Crippen LogP) is 2.27. The molecule has 0 saturated carbocycles. The summed E-state index contributed by atoms with van der Waals surface area (Å²) in [6.07, 6.45) is 1.67. The molecule has 0 aliphatic carbocycles. The molecule has 2 aromatic rings. The number of aromatic nitrogens is 2. The van der Waals surface area contributed by atoms with E-state index in [1.54, 1.807) is 17.5 Å². The molecule has 0 spiro atoms. The largest absolute Gasteiger partial charge is 0.371 e. The second-order valence-electron chi connectivity index (χ2n) is 7.44. The van der Waals surface area contributed by atoms with Gasteiger partial charge in [0.1, 0.15) is 12.2 Å². The minimum atomic E-state index is -0.0561. The smallest absolute Gasteiger partial charge is 0.223 e. The van der Waals surface area contributed by atoms with Gasteiger partial charge in [0.05, 0.1) is 35.9 Å². The Balaban J connectivity index is 1.35. The molecular formula is C19H25N5O2S2. The molecule has 4 rings (SSSR count). The van der Waals surface area contributed by atoms with Gasteiger partial charge in [-0.05, 0) is 35.6 Å². The summed E-state index contributed by atoms with van der Waals surface area (Å²) in [5.41, 5.74) is 0.913. The van der Waals surface area contributed by atoms with Crippen molar-refractivity contribution in [2.75, 3.05) is 25.1 Å². The summed E-state index contributed by atoms with van der Waals surface area (Å²) in [4.78, 5) is 10.1. The first-order chi connectivity index (χ1) is 13.6. The SMILES string of the molecule is CC(C)CNC(=S)N[C@@H]1CO[C@@H]2[C@@H]1OC[C@@H]2Nc1nccc(-c2cccs2)n1. The first-order valence-electron chi connectivity index (χ1n) is 9.51. The molecule has 28 heavy (non-hydrogen) atoms. The molecule has 0 bridgehead atoms. The molecule has 4 heterocycles. The molecule has 0 radical (unpaired) electrons. The van der Waals surface area contributed by atoms with Crippen LogP contribution in [0.4, 0.5) is 5.95 Å². The van der Waals surface area contributed by atoms with Crippen LogP contribution in [0.5, 0.6) is 0 Å². The lowest BCUT2D eigenvalue weighted by atomic mass is 10.1. The van der Waals surface area contributed by atoms with Gasteiger partial charge >= 0.3 is 0 Å². The highest BCUT2D eigenvalue weighted by Crippen LogP contribution is 2.29. The Morgan fingerprint density at radius 3 is 2.79 bits per heavy atom. The van der Waals surface area contributed by atoms with Crippen molar-refractivity contribution >= 4 is 34.6 Å². The van der Waals surface area contributed by atoms with E-state index in [1.165, 1.54) is 0 Å². The average Bonchev–Trinajstić information content (AvgIpc) is 3.41. The Morgan fingerprint density at radius 1 is 1.25 bits per heavy atom. The van der Waals surface area contributed by atoms with Gasteiger partial charge in [0.25, 0.3) is 0 Å². The first-order valence-corrected chi connectivity index (χ1v) is 10.8. The van der Waals surface area contributed by atoms with Crippen molar-refractivity contribution in [2.45, 2.75) is 38.1 Å². The molecule has 4 atom stereocenters. The number of hydrogen-bond donors (Lipinski definition) is 3. The van der Waals surface area contributed by atoms with Crippen molar-refractivity contribution in [3.8, 4) is 10.6 Å². The third kappa shape index (κ3) is 4.43. The van der Waals surface area contributed by atoms with Crippen molar-refractivity contribution < 1.29 is 9.47 Å². The lowest BCUT2D eigenvalue weighted by Gasteiger charge is -2.20. The molecule has 0 amide bonds. The average molecular weight is 420 g/mol. The maximum absolute atomic E-state index is 6.01. The van der Waals surface area contributed by atoms with Crippen LogP contribution >= 0.6 is 23.6 Å². The Kier molecular flexibility index (Phi) is 6.05. The van der Waals surface area contributed by atoms with Crippen LogP contribution < -0.4 is 16.0 Å². The minimum Gasteiger partial charge on any atom is -0.371 e. The summed E-state index contributed by atoms with van der Waals surface area (Å²) in [6, 6.07) is 6.04. The zero-order chi connectivity index (χ0) is 19.5. The number of rotatable bonds is 6. The second-order valence-corrected chi connectivity index (χ2v) is 8.80. The van der Waals surface area contributed by atoms with Crippen molar-refractivity contribution in [1.29, 1.82) is 0 Å². The quantitative estimate of drug-likeness (QED) is 0.616. The number of thiophene rings is 1. The maximum atomic E-state index is 6.01. The number of hydrogen-bond acceptors (Lipinski definition) is 7. The van der Waals surface area contributed by atoms with Crippen LogP contribution in [0.25, 0.3) is 10.6 Å². The molecule has 2 aromatic heterocycles. The van der Waals surface area contributed by atoms with Gasteiger partial charge in [-0.2, -0.15) is 0 Å². The second kappa shape index (κ2) is 8.69. The van der Waals surface area contributed by atoms with E-state index in [9.17, 15) is 0 Å². The molecule has 2 aliphatic heterocycles. The molecule has 9 heteroatoms. The fourth-order valence-corrected chi connectivity index (χ4v) is 4.35. The van der Waals surface area contributed by atoms with Gasteiger partial charge in [0.15, 0.2) is 5.11 Å². The van der Waals surface area contributed by atoms with E-state index in [0.29, 0.717) is 30.2 Å². The fourth-order valence-electron chi connectivity index (χ4n) is 3.42. The van der Waals surface area contributed by atoms with Crippen molar-refractivity contribution in [3.05, 3.63) is 29.8 Å². The number of nitrogens with one attached hydrogen (secondary N) is 3. The highest BCUT2D eigenvalue weighted by molar-refractivity contribution is 7.80. The van der Waals surface area contributed by atoms with Gasteiger partial charge in [0.2, 0.25) is 5.95 Å². The third-order valence-corrected chi connectivity index (χ3v) is 5.94. The number of thiocarbonyl (C=S) groups is 1. The zero-order valence-electron chi connectivity index (χ0n) is 15.9. The topological polar surface area (TPSA) is 80.3 Å². The van der Waals surface area contributed by atoms with E-state index in [0.717, 1.165) is 17.1 Å². The van der Waals surface area contributed by atoms with Gasteiger partial charge in [-0.15, -0.1) is 11.3 Å². The highest BCUT2D eigenvalue weighted by atomic mass is 32.1. The molecular weight excluding hydrogens is 394 g/mol. The molecule has 2 aliphatic rings. The summed E-state index contributed by atoms with van der Waals surface area (Å²) in [6.45, 7) is 6.25. The van der Waals surface area contributed by atoms with Gasteiger partial charge in [0, 0.05) is 12.7 Å². The minimum absolute atomic E-state index is 0.00702. The van der Waals surface area contributed by atoms with Gasteiger partial charge < -0.3 is 25.4 Å². The maximum Gasteiger partial charge on any atom is 0.223 e. The summed E-state index contributed by atoms with van der Waals surface area (Å²) < 4.78 is 12.0. The Labute approximate surface area is 174 Å². The molecule has 0 unspecified atom stereocenters. The first kappa shape index (κ1) is 19.5. The van der Waals surface area contributed by atoms with Crippen LogP contribution in [0.1, 0.15) is 13.8 Å². The molecule has 2 fully saturated rings. The van der Waals surface area contributed by atoms with E-state index in [1.807, 2.05) is 17.5 Å². The lowest BCUT2D eigenvalue weighted by Crippen LogP contribution is -2.49. The Morgan fingerprint density at radius 2 is 2.04 bits per heavy atom. The molecule has 150 valence electrons. The zero-order valence-corrected chi connectivity index (χ0v) is 17.6.